The molecule has 0 fully saturated rings. The summed E-state index contributed by atoms with van der Waals surface area (Å²) in [4.78, 5) is 0. The minimum Gasteiger partial charge on any atom is -0.322 e. The molecule has 0 aromatic heterocycles. The SMILES string of the molecule is CCCCCCCCCCOP(=S)(S)OCCCCCCCCCC. The molecule has 0 saturated heterocycles. The first-order valence-corrected chi connectivity index (χ1v) is 14.5. The second-order valence-electron chi connectivity index (χ2n) is 7.08. The van der Waals surface area contributed by atoms with Crippen molar-refractivity contribution in [1.82, 2.24) is 0 Å². The van der Waals surface area contributed by atoms with E-state index in [4.69, 9.17) is 20.9 Å². The molecule has 0 N–H and O–H groups in total. The molecule has 0 heterocycles. The Balaban J connectivity index is 3.34. The third-order valence-corrected chi connectivity index (χ3v) is 6.85. The minimum absolute atomic E-state index is 0.702. The fourth-order valence-electron chi connectivity index (χ4n) is 2.87. The molecule has 152 valence electrons. The van der Waals surface area contributed by atoms with Crippen LogP contribution >= 0.6 is 17.9 Å². The van der Waals surface area contributed by atoms with E-state index in [1.165, 1.54) is 89.9 Å². The molecule has 2 nitrogen and oxygen atoms in total. The van der Waals surface area contributed by atoms with E-state index < -0.39 is 5.69 Å². The summed E-state index contributed by atoms with van der Waals surface area (Å²) in [5.41, 5.74) is -2.31. The van der Waals surface area contributed by atoms with Crippen LogP contribution in [0.25, 0.3) is 0 Å². The molecule has 0 aliphatic carbocycles. The van der Waals surface area contributed by atoms with Gasteiger partial charge in [0.2, 0.25) is 5.69 Å². The first-order chi connectivity index (χ1) is 12.1. The predicted molar refractivity (Wildman–Crippen MR) is 120 cm³/mol. The second-order valence-corrected chi connectivity index (χ2v) is 12.4. The summed E-state index contributed by atoms with van der Waals surface area (Å²) in [5.74, 6) is 0. The van der Waals surface area contributed by atoms with Crippen LogP contribution in [-0.4, -0.2) is 13.2 Å². The third-order valence-electron chi connectivity index (χ3n) is 4.50. The van der Waals surface area contributed by atoms with Gasteiger partial charge < -0.3 is 9.05 Å². The fraction of sp³-hybridized carbons (Fsp3) is 1.00. The molecule has 5 heteroatoms. The highest BCUT2D eigenvalue weighted by Crippen LogP contribution is 2.53. The Hall–Kier alpha value is 0.920. The van der Waals surface area contributed by atoms with Crippen molar-refractivity contribution in [3.63, 3.8) is 0 Å². The average Bonchev–Trinajstić information content (AvgIpc) is 2.59. The van der Waals surface area contributed by atoms with Crippen molar-refractivity contribution in [3.8, 4) is 0 Å². The van der Waals surface area contributed by atoms with Crippen molar-refractivity contribution in [2.75, 3.05) is 13.2 Å². The highest BCUT2D eigenvalue weighted by molar-refractivity contribution is 8.60. The van der Waals surface area contributed by atoms with Crippen LogP contribution in [0.5, 0.6) is 0 Å². The van der Waals surface area contributed by atoms with Crippen molar-refractivity contribution < 1.29 is 9.05 Å². The molecule has 0 atom stereocenters. The topological polar surface area (TPSA) is 18.5 Å². The van der Waals surface area contributed by atoms with E-state index in [2.05, 4.69) is 26.1 Å². The van der Waals surface area contributed by atoms with E-state index in [1.54, 1.807) is 0 Å². The lowest BCUT2D eigenvalue weighted by atomic mass is 10.1. The molecule has 0 rings (SSSR count). The first kappa shape index (κ1) is 25.9. The Morgan fingerprint density at radius 3 is 1.16 bits per heavy atom. The van der Waals surface area contributed by atoms with Crippen LogP contribution in [0.4, 0.5) is 0 Å². The van der Waals surface area contributed by atoms with Gasteiger partial charge >= 0.3 is 0 Å². The molecule has 0 radical (unpaired) electrons. The van der Waals surface area contributed by atoms with Crippen LogP contribution in [0.15, 0.2) is 0 Å². The number of thiol groups is 1. The second kappa shape index (κ2) is 19.7. The largest absolute Gasteiger partial charge is 0.322 e. The van der Waals surface area contributed by atoms with Gasteiger partial charge in [0.15, 0.2) is 0 Å². The Bertz CT molecular complexity index is 288. The highest BCUT2D eigenvalue weighted by atomic mass is 32.9. The summed E-state index contributed by atoms with van der Waals surface area (Å²) in [7, 11) is 0. The maximum Gasteiger partial charge on any atom is 0.244 e. The van der Waals surface area contributed by atoms with E-state index in [0.29, 0.717) is 13.2 Å². The van der Waals surface area contributed by atoms with Crippen molar-refractivity contribution in [1.29, 1.82) is 0 Å². The minimum atomic E-state index is -2.31. The fourth-order valence-corrected chi connectivity index (χ4v) is 4.60. The molecule has 0 aromatic carbocycles. The van der Waals surface area contributed by atoms with Crippen LogP contribution in [0, 0.1) is 0 Å². The van der Waals surface area contributed by atoms with Crippen LogP contribution in [-0.2, 0) is 20.9 Å². The van der Waals surface area contributed by atoms with Gasteiger partial charge in [-0.25, -0.2) is 0 Å². The predicted octanol–water partition coefficient (Wildman–Crippen LogP) is 8.46. The van der Waals surface area contributed by atoms with Gasteiger partial charge in [-0.3, -0.25) is 0 Å². The van der Waals surface area contributed by atoms with Crippen LogP contribution < -0.4 is 0 Å². The standard InChI is InChI=1S/C20H43O2PS2/c1-3-5-7-9-11-13-15-17-19-21-23(24,25)22-20-18-16-14-12-10-8-6-4-2/h3-20H2,1-2H3,(H,24,25). The molecule has 0 spiro atoms. The lowest BCUT2D eigenvalue weighted by molar-refractivity contribution is 0.250. The quantitative estimate of drug-likeness (QED) is 0.123. The lowest BCUT2D eigenvalue weighted by Gasteiger charge is -2.16. The molecule has 0 aliphatic heterocycles. The number of hydrogen-bond acceptors (Lipinski definition) is 3. The summed E-state index contributed by atoms with van der Waals surface area (Å²) >= 11 is 9.80. The Labute approximate surface area is 168 Å². The van der Waals surface area contributed by atoms with Crippen LogP contribution in [0.2, 0.25) is 0 Å². The Kier molecular flexibility index (Phi) is 20.4. The maximum absolute atomic E-state index is 5.71. The molecule has 0 aromatic rings. The third kappa shape index (κ3) is 21.1. The van der Waals surface area contributed by atoms with E-state index >= 15 is 0 Å². The Morgan fingerprint density at radius 2 is 0.840 bits per heavy atom. The van der Waals surface area contributed by atoms with Crippen LogP contribution in [0.3, 0.4) is 0 Å². The highest BCUT2D eigenvalue weighted by Gasteiger charge is 2.12. The van der Waals surface area contributed by atoms with E-state index in [-0.39, 0.29) is 0 Å². The van der Waals surface area contributed by atoms with Crippen LogP contribution in [0.1, 0.15) is 117 Å². The molecular weight excluding hydrogens is 367 g/mol. The average molecular weight is 411 g/mol. The Morgan fingerprint density at radius 1 is 0.560 bits per heavy atom. The zero-order valence-electron chi connectivity index (χ0n) is 16.8. The van der Waals surface area contributed by atoms with E-state index in [9.17, 15) is 0 Å². The van der Waals surface area contributed by atoms with Gasteiger partial charge in [-0.05, 0) is 24.6 Å². The molecule has 0 saturated carbocycles. The monoisotopic (exact) mass is 410 g/mol. The van der Waals surface area contributed by atoms with Gasteiger partial charge in [-0.2, -0.15) is 0 Å². The molecule has 0 bridgehead atoms. The number of rotatable bonds is 20. The van der Waals surface area contributed by atoms with Gasteiger partial charge in [0, 0.05) is 0 Å². The van der Waals surface area contributed by atoms with E-state index in [1.807, 2.05) is 0 Å². The van der Waals surface area contributed by atoms with Crippen molar-refractivity contribution >= 4 is 29.7 Å². The van der Waals surface area contributed by atoms with Gasteiger partial charge in [-0.1, -0.05) is 116 Å². The molecular formula is C20H43O2PS2. The number of unbranched alkanes of at least 4 members (excludes halogenated alkanes) is 14. The van der Waals surface area contributed by atoms with Gasteiger partial charge in [0.25, 0.3) is 0 Å². The molecule has 0 amide bonds. The summed E-state index contributed by atoms with van der Waals surface area (Å²) in [6, 6.07) is 0. The summed E-state index contributed by atoms with van der Waals surface area (Å²) in [6.07, 6.45) is 20.8. The molecule has 0 aliphatic rings. The zero-order valence-corrected chi connectivity index (χ0v) is 19.5. The zero-order chi connectivity index (χ0) is 18.6. The first-order valence-electron chi connectivity index (χ1n) is 10.7. The maximum atomic E-state index is 5.71. The normalized spacial score (nSPS) is 12.0. The van der Waals surface area contributed by atoms with Gasteiger partial charge in [0.05, 0.1) is 13.2 Å². The lowest BCUT2D eigenvalue weighted by Crippen LogP contribution is -1.96. The summed E-state index contributed by atoms with van der Waals surface area (Å²) in [6.45, 7) is 5.92. The van der Waals surface area contributed by atoms with Crippen molar-refractivity contribution in [2.24, 2.45) is 0 Å². The number of hydrogen-bond donors (Lipinski definition) is 1. The van der Waals surface area contributed by atoms with Gasteiger partial charge in [-0.15, -0.1) is 0 Å². The van der Waals surface area contributed by atoms with Crippen molar-refractivity contribution in [3.05, 3.63) is 0 Å². The smallest absolute Gasteiger partial charge is 0.244 e. The summed E-state index contributed by atoms with van der Waals surface area (Å²) < 4.78 is 11.4. The van der Waals surface area contributed by atoms with E-state index in [0.717, 1.165) is 12.8 Å². The van der Waals surface area contributed by atoms with Gasteiger partial charge in [0.1, 0.15) is 0 Å². The van der Waals surface area contributed by atoms with Crippen molar-refractivity contribution in [2.45, 2.75) is 117 Å². The molecule has 25 heavy (non-hydrogen) atoms. The molecule has 0 unspecified atom stereocenters. The summed E-state index contributed by atoms with van der Waals surface area (Å²) in [5, 5.41) is 0.